The Bertz CT molecular complexity index is 903. The summed E-state index contributed by atoms with van der Waals surface area (Å²) in [5, 5.41) is 4.54. The molecule has 0 fully saturated rings. The van der Waals surface area contributed by atoms with E-state index in [4.69, 9.17) is 9.26 Å². The number of hydrogen-bond donors (Lipinski definition) is 0. The first-order valence-electron chi connectivity index (χ1n) is 12.8. The van der Waals surface area contributed by atoms with Gasteiger partial charge in [-0.15, -0.1) is 0 Å². The molecule has 0 aliphatic carbocycles. The van der Waals surface area contributed by atoms with E-state index in [1.54, 1.807) is 6.20 Å². The van der Waals surface area contributed by atoms with E-state index in [1.807, 2.05) is 18.2 Å². The Morgan fingerprint density at radius 2 is 1.45 bits per heavy atom. The molecule has 3 aromatic rings. The third-order valence-electron chi connectivity index (χ3n) is 6.54. The second kappa shape index (κ2) is 13.8. The van der Waals surface area contributed by atoms with Crippen LogP contribution in [0.25, 0.3) is 0 Å². The van der Waals surface area contributed by atoms with Gasteiger partial charge in [0.15, 0.2) is 0 Å². The van der Waals surface area contributed by atoms with E-state index >= 15 is 0 Å². The molecule has 0 aliphatic rings. The maximum absolute atomic E-state index is 6.12. The fourth-order valence-electron chi connectivity index (χ4n) is 4.49. The SMILES string of the molecule is CCC[CH2][Sn]([CH2]CCC)([CH2]CCC)[c]1cc(Cc2ccc(COc3ccccn3)cc2)no1. The van der Waals surface area contributed by atoms with Crippen LogP contribution in [0.4, 0.5) is 0 Å². The molecule has 0 unspecified atom stereocenters. The zero-order valence-electron chi connectivity index (χ0n) is 20.7. The van der Waals surface area contributed by atoms with E-state index in [0.717, 1.165) is 17.7 Å². The van der Waals surface area contributed by atoms with Gasteiger partial charge in [-0.1, -0.05) is 6.07 Å². The van der Waals surface area contributed by atoms with E-state index in [2.05, 4.69) is 61.2 Å². The van der Waals surface area contributed by atoms with Gasteiger partial charge in [0.1, 0.15) is 0 Å². The average molecular weight is 555 g/mol. The van der Waals surface area contributed by atoms with Crippen LogP contribution in [0.15, 0.2) is 59.3 Å². The zero-order valence-corrected chi connectivity index (χ0v) is 23.5. The summed E-state index contributed by atoms with van der Waals surface area (Å²) in [5.41, 5.74) is 3.47. The molecule has 0 radical (unpaired) electrons. The Labute approximate surface area is 204 Å². The number of ether oxygens (including phenoxy) is 1. The van der Waals surface area contributed by atoms with Crippen LogP contribution in [0.1, 0.15) is 76.1 Å². The molecule has 33 heavy (non-hydrogen) atoms. The summed E-state index contributed by atoms with van der Waals surface area (Å²) < 4.78 is 17.4. The van der Waals surface area contributed by atoms with E-state index < -0.39 is 18.4 Å². The van der Waals surface area contributed by atoms with E-state index in [0.29, 0.717) is 12.5 Å². The van der Waals surface area contributed by atoms with E-state index in [1.165, 1.54) is 61.2 Å². The molecule has 0 saturated carbocycles. The van der Waals surface area contributed by atoms with Crippen LogP contribution in [0, 0.1) is 0 Å². The van der Waals surface area contributed by atoms with Crippen molar-refractivity contribution in [1.82, 2.24) is 10.1 Å². The Morgan fingerprint density at radius 3 is 2.03 bits per heavy atom. The van der Waals surface area contributed by atoms with Gasteiger partial charge in [0.25, 0.3) is 0 Å². The van der Waals surface area contributed by atoms with Crippen molar-refractivity contribution >= 4 is 22.2 Å². The number of nitrogens with zero attached hydrogens (tertiary/aromatic N) is 2. The molecule has 3 rings (SSSR count). The summed E-state index contributed by atoms with van der Waals surface area (Å²) in [6.45, 7) is 7.46. The van der Waals surface area contributed by atoms with Crippen molar-refractivity contribution in [1.29, 1.82) is 0 Å². The molecule has 178 valence electrons. The Morgan fingerprint density at radius 1 is 0.818 bits per heavy atom. The Kier molecular flexibility index (Phi) is 10.8. The van der Waals surface area contributed by atoms with Gasteiger partial charge in [0, 0.05) is 6.20 Å². The zero-order chi connectivity index (χ0) is 23.4. The third-order valence-corrected chi connectivity index (χ3v) is 21.4. The molecule has 0 atom stereocenters. The first-order chi connectivity index (χ1) is 16.2. The Hall–Kier alpha value is -1.82. The first kappa shape index (κ1) is 25.8. The van der Waals surface area contributed by atoms with Crippen LogP contribution in [0.3, 0.4) is 0 Å². The first-order valence-corrected chi connectivity index (χ1v) is 20.2. The molecule has 0 amide bonds. The summed E-state index contributed by atoms with van der Waals surface area (Å²) in [6.07, 6.45) is 10.4. The van der Waals surface area contributed by atoms with Crippen LogP contribution in [0.2, 0.25) is 13.3 Å². The summed E-state index contributed by atoms with van der Waals surface area (Å²) in [6, 6.07) is 16.6. The fourth-order valence-corrected chi connectivity index (χ4v) is 19.6. The molecule has 4 nitrogen and oxygen atoms in total. The van der Waals surface area contributed by atoms with Crippen LogP contribution in [0.5, 0.6) is 5.88 Å². The van der Waals surface area contributed by atoms with Crippen LogP contribution >= 0.6 is 0 Å². The van der Waals surface area contributed by atoms with E-state index in [9.17, 15) is 0 Å². The predicted molar refractivity (Wildman–Crippen MR) is 139 cm³/mol. The van der Waals surface area contributed by atoms with Gasteiger partial charge in [-0.25, -0.2) is 0 Å². The molecule has 0 spiro atoms. The average Bonchev–Trinajstić information content (AvgIpc) is 3.33. The summed E-state index contributed by atoms with van der Waals surface area (Å²) in [7, 11) is 0. The van der Waals surface area contributed by atoms with Gasteiger partial charge < -0.3 is 0 Å². The second-order valence-corrected chi connectivity index (χ2v) is 22.2. The molecule has 2 heterocycles. The molecule has 5 heteroatoms. The predicted octanol–water partition coefficient (Wildman–Crippen LogP) is 7.30. The number of rotatable bonds is 15. The van der Waals surface area contributed by atoms with Crippen molar-refractivity contribution in [2.24, 2.45) is 0 Å². The van der Waals surface area contributed by atoms with Crippen LogP contribution in [-0.2, 0) is 13.0 Å². The van der Waals surface area contributed by atoms with Crippen molar-refractivity contribution < 1.29 is 9.26 Å². The van der Waals surface area contributed by atoms with Crippen LogP contribution in [-0.4, -0.2) is 28.5 Å². The number of aromatic nitrogens is 2. The normalized spacial score (nSPS) is 11.6. The van der Waals surface area contributed by atoms with Gasteiger partial charge in [0.05, 0.1) is 0 Å². The van der Waals surface area contributed by atoms with Gasteiger partial charge in [-0.3, -0.25) is 0 Å². The Balaban J connectivity index is 1.66. The molecule has 1 aromatic carbocycles. The minimum absolute atomic E-state index is 0.522. The molecular formula is C28H40N2O2Sn. The second-order valence-electron chi connectivity index (χ2n) is 9.22. The standard InChI is InChI=1S/C16H13N2O2.3C4H9.Sn/c1-2-9-17-16(3-1)19-12-14-6-4-13(5-7-14)11-15-8-10-20-18-15;3*1-3-4-2;/h1-9H,11-12H2;3*1,3-4H2,2H3;. The number of pyridine rings is 1. The van der Waals surface area contributed by atoms with Crippen molar-refractivity contribution in [2.45, 2.75) is 85.6 Å². The quantitative estimate of drug-likeness (QED) is 0.185. The van der Waals surface area contributed by atoms with Crippen LogP contribution < -0.4 is 8.51 Å². The topological polar surface area (TPSA) is 48.2 Å². The van der Waals surface area contributed by atoms with Crippen molar-refractivity contribution in [3.8, 4) is 5.88 Å². The van der Waals surface area contributed by atoms with Gasteiger partial charge in [0.2, 0.25) is 0 Å². The summed E-state index contributed by atoms with van der Waals surface area (Å²) in [4.78, 5) is 4.21. The monoisotopic (exact) mass is 556 g/mol. The molecule has 2 aromatic heterocycles. The molecular weight excluding hydrogens is 515 g/mol. The summed E-state index contributed by atoms with van der Waals surface area (Å²) in [5.74, 6) is 0.653. The van der Waals surface area contributed by atoms with Crippen molar-refractivity contribution in [3.63, 3.8) is 0 Å². The number of hydrogen-bond acceptors (Lipinski definition) is 4. The summed E-state index contributed by atoms with van der Waals surface area (Å²) >= 11 is -2.54. The fraction of sp³-hybridized carbons (Fsp3) is 0.500. The van der Waals surface area contributed by atoms with Gasteiger partial charge in [-0.2, -0.15) is 0 Å². The van der Waals surface area contributed by atoms with Gasteiger partial charge in [-0.05, 0) is 6.07 Å². The molecule has 0 saturated heterocycles. The number of benzene rings is 1. The molecule has 0 aliphatic heterocycles. The van der Waals surface area contributed by atoms with Gasteiger partial charge >= 0.3 is 186 Å². The maximum atomic E-state index is 6.12. The third kappa shape index (κ3) is 7.87. The molecule has 0 N–H and O–H groups in total. The van der Waals surface area contributed by atoms with Crippen molar-refractivity contribution in [2.75, 3.05) is 0 Å². The molecule has 0 bridgehead atoms. The minimum atomic E-state index is -2.54. The number of unbranched alkanes of at least 4 members (excludes halogenated alkanes) is 3. The van der Waals surface area contributed by atoms with Crippen molar-refractivity contribution in [3.05, 3.63) is 71.5 Å². The van der Waals surface area contributed by atoms with E-state index in [-0.39, 0.29) is 0 Å².